The van der Waals surface area contributed by atoms with Crippen molar-refractivity contribution in [2.24, 2.45) is 0 Å². The fourth-order valence-corrected chi connectivity index (χ4v) is 1.30. The summed E-state index contributed by atoms with van der Waals surface area (Å²) in [4.78, 5) is 22.0. The first-order chi connectivity index (χ1) is 8.56. The second-order valence-corrected chi connectivity index (χ2v) is 3.36. The van der Waals surface area contributed by atoms with Crippen molar-refractivity contribution in [3.8, 4) is 11.8 Å². The molecule has 18 heavy (non-hydrogen) atoms. The number of aromatic carboxylic acids is 1. The Morgan fingerprint density at radius 2 is 2.17 bits per heavy atom. The zero-order valence-corrected chi connectivity index (χ0v) is 9.90. The van der Waals surface area contributed by atoms with Gasteiger partial charge in [-0.2, -0.15) is 0 Å². The van der Waals surface area contributed by atoms with Crippen LogP contribution in [0.4, 0.5) is 5.69 Å². The molecule has 0 spiro atoms. The molecule has 0 saturated heterocycles. The summed E-state index contributed by atoms with van der Waals surface area (Å²) in [5.41, 5.74) is 6.16. The lowest BCUT2D eigenvalue weighted by Crippen LogP contribution is -2.04. The molecule has 0 heterocycles. The lowest BCUT2D eigenvalue weighted by atomic mass is 10.1. The van der Waals surface area contributed by atoms with Crippen LogP contribution in [0, 0.1) is 11.8 Å². The summed E-state index contributed by atoms with van der Waals surface area (Å²) >= 11 is 0. The highest BCUT2D eigenvalue weighted by Gasteiger charge is 2.10. The maximum absolute atomic E-state index is 11.1. The van der Waals surface area contributed by atoms with Gasteiger partial charge in [-0.1, -0.05) is 17.9 Å². The molecule has 94 valence electrons. The summed E-state index contributed by atoms with van der Waals surface area (Å²) in [6.07, 6.45) is -0.0960. The molecule has 3 N–H and O–H groups in total. The van der Waals surface area contributed by atoms with Crippen molar-refractivity contribution in [3.05, 3.63) is 29.3 Å². The molecule has 5 nitrogen and oxygen atoms in total. The first-order valence-electron chi connectivity index (χ1n) is 5.32. The van der Waals surface area contributed by atoms with E-state index in [4.69, 9.17) is 15.6 Å². The van der Waals surface area contributed by atoms with Crippen LogP contribution in [0.3, 0.4) is 0 Å². The van der Waals surface area contributed by atoms with Crippen LogP contribution in [0.15, 0.2) is 18.2 Å². The van der Waals surface area contributed by atoms with E-state index in [1.54, 1.807) is 13.0 Å². The summed E-state index contributed by atoms with van der Waals surface area (Å²) in [6, 6.07) is 4.50. The van der Waals surface area contributed by atoms with Crippen molar-refractivity contribution in [3.63, 3.8) is 0 Å². The molecule has 0 radical (unpaired) electrons. The average molecular weight is 247 g/mol. The molecule has 0 atom stereocenters. The van der Waals surface area contributed by atoms with Gasteiger partial charge in [0.1, 0.15) is 6.42 Å². The van der Waals surface area contributed by atoms with Gasteiger partial charge in [-0.25, -0.2) is 4.79 Å². The molecular formula is C13H13NO4. The number of carboxylic acid groups (broad SMARTS) is 1. The van der Waals surface area contributed by atoms with Crippen LogP contribution in [-0.2, 0) is 9.53 Å². The van der Waals surface area contributed by atoms with E-state index in [1.807, 2.05) is 0 Å². The van der Waals surface area contributed by atoms with E-state index in [1.165, 1.54) is 12.1 Å². The highest BCUT2D eigenvalue weighted by molar-refractivity contribution is 5.93. The van der Waals surface area contributed by atoms with Gasteiger partial charge >= 0.3 is 11.9 Å². The molecule has 1 rings (SSSR count). The Morgan fingerprint density at radius 1 is 1.44 bits per heavy atom. The van der Waals surface area contributed by atoms with Crippen molar-refractivity contribution < 1.29 is 19.4 Å². The molecule has 0 amide bonds. The number of ether oxygens (including phenoxy) is 1. The molecule has 0 aliphatic rings. The summed E-state index contributed by atoms with van der Waals surface area (Å²) in [5, 5.41) is 8.97. The molecule has 0 fully saturated rings. The van der Waals surface area contributed by atoms with Crippen molar-refractivity contribution in [1.82, 2.24) is 0 Å². The van der Waals surface area contributed by atoms with Crippen LogP contribution < -0.4 is 5.73 Å². The molecule has 1 aromatic carbocycles. The van der Waals surface area contributed by atoms with Crippen LogP contribution in [0.1, 0.15) is 29.3 Å². The Kier molecular flexibility index (Phi) is 4.76. The van der Waals surface area contributed by atoms with E-state index in [9.17, 15) is 9.59 Å². The fourth-order valence-electron chi connectivity index (χ4n) is 1.30. The monoisotopic (exact) mass is 247 g/mol. The first-order valence-corrected chi connectivity index (χ1v) is 5.32. The predicted molar refractivity (Wildman–Crippen MR) is 65.9 cm³/mol. The highest BCUT2D eigenvalue weighted by Crippen LogP contribution is 2.15. The SMILES string of the molecule is CCOC(=O)CC#Cc1c(N)cccc1C(=O)O. The zero-order chi connectivity index (χ0) is 13.5. The largest absolute Gasteiger partial charge is 0.478 e. The van der Waals surface area contributed by atoms with Gasteiger partial charge in [-0.3, -0.25) is 4.79 Å². The third-order valence-electron chi connectivity index (χ3n) is 2.08. The van der Waals surface area contributed by atoms with Crippen LogP contribution in [0.25, 0.3) is 0 Å². The number of anilines is 1. The van der Waals surface area contributed by atoms with Gasteiger partial charge in [-0.15, -0.1) is 0 Å². The minimum atomic E-state index is -1.11. The average Bonchev–Trinajstić information content (AvgIpc) is 2.31. The van der Waals surface area contributed by atoms with Crippen LogP contribution >= 0.6 is 0 Å². The first kappa shape index (κ1) is 13.6. The molecular weight excluding hydrogens is 234 g/mol. The third-order valence-corrected chi connectivity index (χ3v) is 2.08. The van der Waals surface area contributed by atoms with E-state index >= 15 is 0 Å². The number of hydrogen-bond acceptors (Lipinski definition) is 4. The van der Waals surface area contributed by atoms with Crippen molar-refractivity contribution >= 4 is 17.6 Å². The quantitative estimate of drug-likeness (QED) is 0.477. The van der Waals surface area contributed by atoms with Crippen LogP contribution in [0.5, 0.6) is 0 Å². The van der Waals surface area contributed by atoms with E-state index in [0.29, 0.717) is 0 Å². The Morgan fingerprint density at radius 3 is 2.78 bits per heavy atom. The number of nitrogens with two attached hydrogens (primary N) is 1. The third kappa shape index (κ3) is 3.52. The topological polar surface area (TPSA) is 89.6 Å². The van der Waals surface area contributed by atoms with E-state index in [-0.39, 0.29) is 29.8 Å². The summed E-state index contributed by atoms with van der Waals surface area (Å²) in [6.45, 7) is 1.98. The molecule has 0 aliphatic carbocycles. The zero-order valence-electron chi connectivity index (χ0n) is 9.90. The number of carboxylic acids is 1. The van der Waals surface area contributed by atoms with Gasteiger partial charge < -0.3 is 15.6 Å². The van der Waals surface area contributed by atoms with Gasteiger partial charge in [0, 0.05) is 5.69 Å². The second-order valence-electron chi connectivity index (χ2n) is 3.36. The Hall–Kier alpha value is -2.48. The molecule has 5 heteroatoms. The van der Waals surface area contributed by atoms with Crippen molar-refractivity contribution in [1.29, 1.82) is 0 Å². The molecule has 0 unspecified atom stereocenters. The van der Waals surface area contributed by atoms with Crippen molar-refractivity contribution in [2.45, 2.75) is 13.3 Å². The molecule has 0 bridgehead atoms. The van der Waals surface area contributed by atoms with E-state index < -0.39 is 11.9 Å². The van der Waals surface area contributed by atoms with Gasteiger partial charge in [0.15, 0.2) is 0 Å². The van der Waals surface area contributed by atoms with Gasteiger partial charge in [0.2, 0.25) is 0 Å². The smallest absolute Gasteiger partial charge is 0.337 e. The normalized spacial score (nSPS) is 9.17. The number of hydrogen-bond donors (Lipinski definition) is 2. The molecule has 0 aromatic heterocycles. The van der Waals surface area contributed by atoms with E-state index in [0.717, 1.165) is 0 Å². The number of rotatable bonds is 3. The van der Waals surface area contributed by atoms with Gasteiger partial charge in [0.05, 0.1) is 17.7 Å². The lowest BCUT2D eigenvalue weighted by molar-refractivity contribution is -0.141. The number of benzene rings is 1. The Labute approximate surface area is 105 Å². The summed E-state index contributed by atoms with van der Waals surface area (Å²) in [5.74, 6) is 3.59. The minimum absolute atomic E-state index is 0.0198. The van der Waals surface area contributed by atoms with E-state index in [2.05, 4.69) is 11.8 Å². The van der Waals surface area contributed by atoms with Gasteiger partial charge in [-0.05, 0) is 19.1 Å². The maximum Gasteiger partial charge on any atom is 0.337 e. The minimum Gasteiger partial charge on any atom is -0.478 e. The Balaban J connectivity index is 2.94. The molecule has 0 saturated carbocycles. The second kappa shape index (κ2) is 6.30. The molecule has 1 aromatic rings. The number of esters is 1. The predicted octanol–water partition coefficient (Wildman–Crippen LogP) is 1.27. The summed E-state index contributed by atoms with van der Waals surface area (Å²) in [7, 11) is 0. The van der Waals surface area contributed by atoms with Gasteiger partial charge in [0.25, 0.3) is 0 Å². The van der Waals surface area contributed by atoms with Crippen LogP contribution in [-0.4, -0.2) is 23.7 Å². The van der Waals surface area contributed by atoms with Crippen LogP contribution in [0.2, 0.25) is 0 Å². The number of carbonyl (C=O) groups is 2. The van der Waals surface area contributed by atoms with Crippen molar-refractivity contribution in [2.75, 3.05) is 12.3 Å². The lowest BCUT2D eigenvalue weighted by Gasteiger charge is -2.02. The standard InChI is InChI=1S/C13H13NO4/c1-2-18-12(15)8-4-5-9-10(13(16)17)6-3-7-11(9)14/h3,6-7H,2,8,14H2,1H3,(H,16,17). The fraction of sp³-hybridized carbons (Fsp3) is 0.231. The number of nitrogen functional groups attached to an aromatic ring is 1. The Bertz CT molecular complexity index is 526. The summed E-state index contributed by atoms with van der Waals surface area (Å²) < 4.78 is 4.70. The maximum atomic E-state index is 11.1. The highest BCUT2D eigenvalue weighted by atomic mass is 16.5. The molecule has 0 aliphatic heterocycles. The number of carbonyl (C=O) groups excluding carboxylic acids is 1.